The third-order valence-electron chi connectivity index (χ3n) is 4.58. The summed E-state index contributed by atoms with van der Waals surface area (Å²) in [5, 5.41) is 30.4. The Labute approximate surface area is 175 Å². The smallest absolute Gasteiger partial charge is 0.252 e. The topological polar surface area (TPSA) is 138 Å². The average Bonchev–Trinajstić information content (AvgIpc) is 3.43. The molecule has 150 valence electrons. The fourth-order valence-electron chi connectivity index (χ4n) is 3.19. The average molecular weight is 409 g/mol. The number of nitriles is 1. The normalized spacial score (nSPS) is 11.4. The van der Waals surface area contributed by atoms with Crippen molar-refractivity contribution in [2.24, 2.45) is 10.2 Å². The lowest BCUT2D eigenvalue weighted by atomic mass is 10.1. The zero-order chi connectivity index (χ0) is 21.4. The highest BCUT2D eigenvalue weighted by Crippen LogP contribution is 2.35. The van der Waals surface area contributed by atoms with Crippen LogP contribution in [-0.4, -0.2) is 39.6 Å². The number of aromatic amines is 1. The number of H-pyrrole nitrogens is 1. The third kappa shape index (κ3) is 3.12. The Morgan fingerprint density at radius 3 is 2.52 bits per heavy atom. The van der Waals surface area contributed by atoms with E-state index in [2.05, 4.69) is 46.5 Å². The second-order valence-electron chi connectivity index (χ2n) is 6.65. The van der Waals surface area contributed by atoms with E-state index in [1.807, 2.05) is 30.3 Å². The summed E-state index contributed by atoms with van der Waals surface area (Å²) in [6, 6.07) is 13.5. The molecular formula is C20H15N11. The highest BCUT2D eigenvalue weighted by molar-refractivity contribution is 5.82. The van der Waals surface area contributed by atoms with Crippen LogP contribution < -0.4 is 0 Å². The predicted molar refractivity (Wildman–Crippen MR) is 110 cm³/mol. The van der Waals surface area contributed by atoms with E-state index in [0.717, 1.165) is 5.56 Å². The van der Waals surface area contributed by atoms with Gasteiger partial charge in [-0.3, -0.25) is 5.10 Å². The lowest BCUT2D eigenvalue weighted by molar-refractivity contribution is 0.793. The van der Waals surface area contributed by atoms with Gasteiger partial charge in [-0.05, 0) is 19.9 Å². The number of benzene rings is 1. The van der Waals surface area contributed by atoms with Gasteiger partial charge < -0.3 is 0 Å². The molecule has 5 rings (SSSR count). The second kappa shape index (κ2) is 7.27. The van der Waals surface area contributed by atoms with Gasteiger partial charge in [-0.1, -0.05) is 30.3 Å². The molecule has 0 fully saturated rings. The van der Waals surface area contributed by atoms with Crippen LogP contribution in [-0.2, 0) is 0 Å². The van der Waals surface area contributed by atoms with Gasteiger partial charge in [-0.15, -0.1) is 15.3 Å². The first-order chi connectivity index (χ1) is 15.2. The van der Waals surface area contributed by atoms with Crippen LogP contribution in [0.1, 0.15) is 17.1 Å². The van der Waals surface area contributed by atoms with Gasteiger partial charge in [0.05, 0.1) is 11.4 Å². The zero-order valence-electron chi connectivity index (χ0n) is 16.6. The first-order valence-electron chi connectivity index (χ1n) is 9.35. The van der Waals surface area contributed by atoms with Crippen molar-refractivity contribution in [2.45, 2.75) is 13.8 Å². The van der Waals surface area contributed by atoms with Gasteiger partial charge in [0, 0.05) is 18.0 Å². The van der Waals surface area contributed by atoms with Crippen molar-refractivity contribution < 1.29 is 0 Å². The lowest BCUT2D eigenvalue weighted by Crippen LogP contribution is -2.01. The summed E-state index contributed by atoms with van der Waals surface area (Å²) in [6.07, 6.45) is 3.18. The van der Waals surface area contributed by atoms with Crippen LogP contribution >= 0.6 is 0 Å². The number of nitrogens with zero attached hydrogens (tertiary/aromatic N) is 10. The number of hydrogen-bond donors (Lipinski definition) is 1. The molecule has 0 radical (unpaired) electrons. The first kappa shape index (κ1) is 18.3. The maximum Gasteiger partial charge on any atom is 0.252 e. The van der Waals surface area contributed by atoms with Gasteiger partial charge in [-0.2, -0.15) is 19.7 Å². The number of nitrogens with one attached hydrogen (secondary N) is 1. The van der Waals surface area contributed by atoms with E-state index in [-0.39, 0.29) is 5.82 Å². The molecule has 0 aliphatic heterocycles. The molecule has 0 spiro atoms. The summed E-state index contributed by atoms with van der Waals surface area (Å²) in [5.41, 5.74) is 3.42. The van der Waals surface area contributed by atoms with Crippen molar-refractivity contribution in [3.05, 3.63) is 65.9 Å². The van der Waals surface area contributed by atoms with E-state index in [4.69, 9.17) is 0 Å². The molecule has 1 aromatic carbocycles. The Balaban J connectivity index is 1.69. The number of fused-ring (bicyclic) bond motifs is 1. The maximum absolute atomic E-state index is 9.65. The minimum Gasteiger partial charge on any atom is -0.273 e. The SMILES string of the molecule is Cc1nc2c(N=Nc3c(C#N)c(C)nn3-c3ncccn3)c(-c3ccccc3)[nH]n2n1. The molecule has 4 aromatic heterocycles. The Morgan fingerprint density at radius 1 is 1.00 bits per heavy atom. The fourth-order valence-corrected chi connectivity index (χ4v) is 3.19. The standard InChI is InChI=1S/C20H15N11/c1-12-15(11-21)18(30(27-12)20-22-9-6-10-23-20)26-25-17-16(14-7-4-3-5-8-14)29-31-19(17)24-13(2)28-31/h3-10,29H,1-2H3. The molecule has 1 N–H and O–H groups in total. The number of aromatic nitrogens is 8. The molecule has 0 atom stereocenters. The van der Waals surface area contributed by atoms with Crippen LogP contribution in [0.15, 0.2) is 59.0 Å². The number of hydrogen-bond acceptors (Lipinski definition) is 8. The number of azo groups is 1. The summed E-state index contributed by atoms with van der Waals surface area (Å²) >= 11 is 0. The molecule has 0 saturated heterocycles. The monoisotopic (exact) mass is 409 g/mol. The van der Waals surface area contributed by atoms with Crippen LogP contribution in [0.5, 0.6) is 0 Å². The molecule has 5 aromatic rings. The van der Waals surface area contributed by atoms with Crippen molar-refractivity contribution >= 4 is 17.2 Å². The van der Waals surface area contributed by atoms with Crippen LogP contribution in [0.4, 0.5) is 11.5 Å². The Kier molecular flexibility index (Phi) is 4.30. The molecule has 4 heterocycles. The molecule has 0 aliphatic rings. The van der Waals surface area contributed by atoms with Crippen LogP contribution in [0.2, 0.25) is 0 Å². The van der Waals surface area contributed by atoms with E-state index in [1.54, 1.807) is 36.9 Å². The van der Waals surface area contributed by atoms with Gasteiger partial charge in [0.15, 0.2) is 11.5 Å². The third-order valence-corrected chi connectivity index (χ3v) is 4.58. The summed E-state index contributed by atoms with van der Waals surface area (Å²) in [7, 11) is 0. The lowest BCUT2D eigenvalue weighted by Gasteiger charge is -2.01. The zero-order valence-corrected chi connectivity index (χ0v) is 16.6. The van der Waals surface area contributed by atoms with Gasteiger partial charge in [0.2, 0.25) is 5.65 Å². The van der Waals surface area contributed by atoms with Crippen molar-refractivity contribution in [2.75, 3.05) is 0 Å². The van der Waals surface area contributed by atoms with Crippen molar-refractivity contribution in [3.8, 4) is 23.3 Å². The van der Waals surface area contributed by atoms with E-state index >= 15 is 0 Å². The molecule has 0 unspecified atom stereocenters. The molecular weight excluding hydrogens is 394 g/mol. The van der Waals surface area contributed by atoms with Crippen molar-refractivity contribution in [1.29, 1.82) is 5.26 Å². The van der Waals surface area contributed by atoms with E-state index in [1.165, 1.54) is 4.68 Å². The largest absolute Gasteiger partial charge is 0.273 e. The van der Waals surface area contributed by atoms with Crippen molar-refractivity contribution in [3.63, 3.8) is 0 Å². The van der Waals surface area contributed by atoms with Crippen molar-refractivity contribution in [1.82, 2.24) is 39.6 Å². The second-order valence-corrected chi connectivity index (χ2v) is 6.65. The Bertz CT molecular complexity index is 1450. The van der Waals surface area contributed by atoms with Crippen LogP contribution in [0, 0.1) is 25.2 Å². The van der Waals surface area contributed by atoms with E-state index in [9.17, 15) is 5.26 Å². The summed E-state index contributed by atoms with van der Waals surface area (Å²) in [5.74, 6) is 1.13. The predicted octanol–water partition coefficient (Wildman–Crippen LogP) is 3.60. The fraction of sp³-hybridized carbons (Fsp3) is 0.100. The Morgan fingerprint density at radius 2 is 1.77 bits per heavy atom. The first-order valence-corrected chi connectivity index (χ1v) is 9.35. The molecule has 31 heavy (non-hydrogen) atoms. The molecule has 0 saturated carbocycles. The highest BCUT2D eigenvalue weighted by atomic mass is 15.5. The highest BCUT2D eigenvalue weighted by Gasteiger charge is 2.20. The molecule has 0 aliphatic carbocycles. The van der Waals surface area contributed by atoms with Gasteiger partial charge in [0.25, 0.3) is 5.95 Å². The maximum atomic E-state index is 9.65. The summed E-state index contributed by atoms with van der Waals surface area (Å²) in [6.45, 7) is 3.52. The molecule has 11 nitrogen and oxygen atoms in total. The van der Waals surface area contributed by atoms with Crippen LogP contribution in [0.3, 0.4) is 0 Å². The van der Waals surface area contributed by atoms with Crippen LogP contribution in [0.25, 0.3) is 22.9 Å². The molecule has 0 bridgehead atoms. The number of aryl methyl sites for hydroxylation is 2. The minimum atomic E-state index is 0.237. The van der Waals surface area contributed by atoms with Gasteiger partial charge in [-0.25, -0.2) is 15.0 Å². The van der Waals surface area contributed by atoms with Gasteiger partial charge >= 0.3 is 0 Å². The Hall–Kier alpha value is -4.72. The minimum absolute atomic E-state index is 0.237. The quantitative estimate of drug-likeness (QED) is 0.450. The van der Waals surface area contributed by atoms with E-state index < -0.39 is 0 Å². The van der Waals surface area contributed by atoms with E-state index in [0.29, 0.717) is 40.1 Å². The number of rotatable bonds is 4. The van der Waals surface area contributed by atoms with Gasteiger partial charge in [0.1, 0.15) is 17.5 Å². The molecule has 11 heteroatoms. The summed E-state index contributed by atoms with van der Waals surface area (Å²) < 4.78 is 2.96. The molecule has 0 amide bonds. The summed E-state index contributed by atoms with van der Waals surface area (Å²) in [4.78, 5) is 12.9.